The van der Waals surface area contributed by atoms with Crippen molar-refractivity contribution in [2.45, 2.75) is 112 Å². The highest BCUT2D eigenvalue weighted by atomic mass is 32.2. The van der Waals surface area contributed by atoms with Gasteiger partial charge in [-0.3, -0.25) is 19.2 Å². The van der Waals surface area contributed by atoms with Crippen molar-refractivity contribution in [3.8, 4) is 6.08 Å². The van der Waals surface area contributed by atoms with Gasteiger partial charge in [0.25, 0.3) is 5.91 Å². The summed E-state index contributed by atoms with van der Waals surface area (Å²) in [4.78, 5) is 33.8. The highest BCUT2D eigenvalue weighted by Crippen LogP contribution is 2.48. The number of oxazole rings is 1. The number of carbonyl (C=O) groups is 2. The third kappa shape index (κ3) is 7.82. The van der Waals surface area contributed by atoms with E-state index >= 15 is 0 Å². The van der Waals surface area contributed by atoms with Gasteiger partial charge in [-0.1, -0.05) is 50.3 Å². The van der Waals surface area contributed by atoms with Crippen LogP contribution in [0, 0.1) is 5.92 Å². The van der Waals surface area contributed by atoms with Crippen molar-refractivity contribution >= 4 is 38.6 Å². The molecule has 2 saturated carbocycles. The summed E-state index contributed by atoms with van der Waals surface area (Å²) in [5.41, 5.74) is -1.03. The fourth-order valence-electron chi connectivity index (χ4n) is 7.46. The number of carbonyl (C=O) groups excluding carboxylic acids is 2. The molecular weight excluding hydrogens is 691 g/mol. The lowest BCUT2D eigenvalue weighted by atomic mass is 10.0. The molecule has 0 spiro atoms. The molecule has 0 bridgehead atoms. The van der Waals surface area contributed by atoms with Crippen LogP contribution in [0.1, 0.15) is 76.2 Å². The number of amides is 2. The molecule has 3 heterocycles. The molecule has 2 saturated heterocycles. The van der Waals surface area contributed by atoms with Crippen LogP contribution in [-0.4, -0.2) is 77.0 Å². The van der Waals surface area contributed by atoms with Gasteiger partial charge in [-0.15, -0.1) is 0 Å². The van der Waals surface area contributed by atoms with Crippen molar-refractivity contribution < 1.29 is 45.4 Å². The average molecular weight is 734 g/mol. The molecule has 1 aromatic heterocycles. The minimum absolute atomic E-state index is 0.0252. The number of aliphatic hydroxyl groups excluding tert-OH is 1. The fraction of sp³-hybridized carbons (Fsp3) is 0.571. The highest BCUT2D eigenvalue weighted by Gasteiger charge is 2.62. The molecular formula is C35H42F3N5O7S. The summed E-state index contributed by atoms with van der Waals surface area (Å²) in [6.45, 7) is 0.0252. The van der Waals surface area contributed by atoms with Crippen LogP contribution in [0.25, 0.3) is 11.1 Å². The third-order valence-electron chi connectivity index (χ3n) is 10.5. The van der Waals surface area contributed by atoms with Gasteiger partial charge in [-0.2, -0.15) is 18.2 Å². The molecule has 12 nitrogen and oxygen atoms in total. The second kappa shape index (κ2) is 13.9. The number of halogens is 3. The van der Waals surface area contributed by atoms with Gasteiger partial charge >= 0.3 is 12.3 Å². The molecule has 1 unspecified atom stereocenters. The normalized spacial score (nSPS) is 29.6. The largest absolute Gasteiger partial charge is 0.445 e. The number of aliphatic hydroxyl groups is 1. The van der Waals surface area contributed by atoms with E-state index in [2.05, 4.69) is 20.3 Å². The molecule has 7 rings (SSSR count). The summed E-state index contributed by atoms with van der Waals surface area (Å²) in [6.07, 6.45) is -0.429. The van der Waals surface area contributed by atoms with Gasteiger partial charge in [-0.05, 0) is 68.4 Å². The van der Waals surface area contributed by atoms with Crippen molar-refractivity contribution in [3.05, 3.63) is 54.1 Å². The van der Waals surface area contributed by atoms with Gasteiger partial charge in [0, 0.05) is 18.7 Å². The Morgan fingerprint density at radius 1 is 1.04 bits per heavy atom. The predicted molar refractivity (Wildman–Crippen MR) is 180 cm³/mol. The Hall–Kier alpha value is -3.89. The van der Waals surface area contributed by atoms with E-state index in [0.717, 1.165) is 37.8 Å². The molecule has 4 fully saturated rings. The minimum Gasteiger partial charge on any atom is -0.445 e. The third-order valence-corrected chi connectivity index (χ3v) is 12.3. The molecule has 16 heteroatoms. The quantitative estimate of drug-likeness (QED) is 0.268. The number of fused-ring (bicyclic) bond motifs is 3. The lowest BCUT2D eigenvalue weighted by Gasteiger charge is -2.35. The molecule has 4 aliphatic rings. The number of nitrogens with zero attached hydrogens (tertiary/aromatic N) is 2. The van der Waals surface area contributed by atoms with E-state index in [9.17, 15) is 36.3 Å². The summed E-state index contributed by atoms with van der Waals surface area (Å²) < 4.78 is 80.3. The lowest BCUT2D eigenvalue weighted by molar-refractivity contribution is -0.137. The molecule has 0 radical (unpaired) electrons. The molecule has 276 valence electrons. The number of sulfonamides is 1. The SMILES string of the molecule is O=C1N[C@]2(C(=O)NS(=O)(=O)C3CC3)C[C@H]2CCCCCCC[C@H](Nc2cccc(C(F)(F)F)c2)C(O)N2C[C@H](Oc3nc4ccccc4o3)C[C@@H]12. The van der Waals surface area contributed by atoms with Crippen molar-refractivity contribution in [2.24, 2.45) is 5.92 Å². The first-order valence-corrected chi connectivity index (χ1v) is 19.1. The fourth-order valence-corrected chi connectivity index (χ4v) is 8.83. The summed E-state index contributed by atoms with van der Waals surface area (Å²) in [7, 11) is -3.88. The number of benzene rings is 2. The average Bonchev–Trinajstić information content (AvgIpc) is 3.98. The van der Waals surface area contributed by atoms with E-state index in [4.69, 9.17) is 9.15 Å². The molecule has 2 aromatic carbocycles. The predicted octanol–water partition coefficient (Wildman–Crippen LogP) is 4.70. The number of ether oxygens (including phenoxy) is 1. The number of aromatic nitrogens is 1. The monoisotopic (exact) mass is 733 g/mol. The minimum atomic E-state index is -4.56. The molecule has 2 amide bonds. The molecule has 51 heavy (non-hydrogen) atoms. The topological polar surface area (TPSA) is 163 Å². The first kappa shape index (κ1) is 35.5. The molecule has 6 atom stereocenters. The van der Waals surface area contributed by atoms with E-state index in [1.54, 1.807) is 24.3 Å². The summed E-state index contributed by atoms with van der Waals surface area (Å²) in [5, 5.41) is 17.4. The van der Waals surface area contributed by atoms with Gasteiger partial charge in [0.2, 0.25) is 15.9 Å². The molecule has 3 aromatic rings. The van der Waals surface area contributed by atoms with E-state index in [-0.39, 0.29) is 37.1 Å². The first-order chi connectivity index (χ1) is 24.3. The van der Waals surface area contributed by atoms with Crippen LogP contribution in [-0.2, 0) is 25.8 Å². The van der Waals surface area contributed by atoms with Crippen LogP contribution in [0.3, 0.4) is 0 Å². The van der Waals surface area contributed by atoms with Crippen LogP contribution < -0.4 is 20.1 Å². The lowest BCUT2D eigenvalue weighted by Crippen LogP contribution is -2.58. The van der Waals surface area contributed by atoms with Crippen molar-refractivity contribution in [3.63, 3.8) is 0 Å². The van der Waals surface area contributed by atoms with Gasteiger partial charge in [-0.25, -0.2) is 8.42 Å². The maximum atomic E-state index is 14.3. The van der Waals surface area contributed by atoms with E-state index in [1.807, 2.05) is 0 Å². The number of rotatable bonds is 7. The number of hydrogen-bond acceptors (Lipinski definition) is 10. The zero-order valence-electron chi connectivity index (χ0n) is 27.9. The zero-order chi connectivity index (χ0) is 36.0. The van der Waals surface area contributed by atoms with Gasteiger partial charge in [0.15, 0.2) is 5.58 Å². The second-order valence-electron chi connectivity index (χ2n) is 14.3. The number of hydrogen-bond donors (Lipinski definition) is 4. The van der Waals surface area contributed by atoms with Crippen LogP contribution >= 0.6 is 0 Å². The molecule has 2 aliphatic carbocycles. The number of para-hydroxylation sites is 2. The Kier molecular flexibility index (Phi) is 9.69. The van der Waals surface area contributed by atoms with Crippen LogP contribution in [0.4, 0.5) is 18.9 Å². The van der Waals surface area contributed by atoms with Crippen LogP contribution in [0.2, 0.25) is 0 Å². The van der Waals surface area contributed by atoms with Gasteiger partial charge < -0.3 is 24.9 Å². The smallest absolute Gasteiger partial charge is 0.416 e. The zero-order valence-corrected chi connectivity index (χ0v) is 28.7. The van der Waals surface area contributed by atoms with Crippen LogP contribution in [0.15, 0.2) is 52.9 Å². The Morgan fingerprint density at radius 3 is 2.53 bits per heavy atom. The Bertz CT molecular complexity index is 1840. The van der Waals surface area contributed by atoms with E-state index < -0.39 is 68.8 Å². The Balaban J connectivity index is 1.18. The van der Waals surface area contributed by atoms with E-state index in [0.29, 0.717) is 43.2 Å². The van der Waals surface area contributed by atoms with Crippen molar-refractivity contribution in [1.29, 1.82) is 0 Å². The number of anilines is 1. The molecule has 4 N–H and O–H groups in total. The maximum absolute atomic E-state index is 14.3. The molecule has 2 aliphatic heterocycles. The van der Waals surface area contributed by atoms with Crippen molar-refractivity contribution in [1.82, 2.24) is 19.9 Å². The summed E-state index contributed by atoms with van der Waals surface area (Å²) in [6, 6.07) is 9.99. The second-order valence-corrected chi connectivity index (χ2v) is 16.2. The van der Waals surface area contributed by atoms with Crippen molar-refractivity contribution in [2.75, 3.05) is 11.9 Å². The van der Waals surface area contributed by atoms with Gasteiger partial charge in [0.1, 0.15) is 23.4 Å². The Morgan fingerprint density at radius 2 is 1.78 bits per heavy atom. The van der Waals surface area contributed by atoms with E-state index in [1.165, 1.54) is 17.0 Å². The van der Waals surface area contributed by atoms with Crippen LogP contribution in [0.5, 0.6) is 6.08 Å². The number of nitrogens with one attached hydrogen (secondary N) is 3. The first-order valence-electron chi connectivity index (χ1n) is 17.6. The standard InChI is InChI=1S/C35H42F3N5O7S/c36-35(37,38)21-10-8-11-23(17-21)39-27-13-5-3-1-2-4-9-22-19-34(22,32(46)42-51(47,48)25-15-16-25)41-30(44)28-18-24(20-43(28)31(27)45)49-33-40-26-12-6-7-14-29(26)50-33/h6-8,10-12,14,17,22,24-25,27-28,31,39,45H,1-5,9,13,15-16,18-20H2,(H,41,44)(H,42,46)/t22-,24-,27+,28+,31?,34-/m1/s1. The maximum Gasteiger partial charge on any atom is 0.416 e. The van der Waals surface area contributed by atoms with Gasteiger partial charge in [0.05, 0.1) is 22.9 Å². The summed E-state index contributed by atoms with van der Waals surface area (Å²) >= 11 is 0. The highest BCUT2D eigenvalue weighted by molar-refractivity contribution is 7.91. The Labute approximate surface area is 293 Å². The summed E-state index contributed by atoms with van der Waals surface area (Å²) in [5.74, 6) is -1.61. The number of alkyl halides is 3.